The third kappa shape index (κ3) is 6.73. The molecule has 0 bridgehead atoms. The van der Waals surface area contributed by atoms with Crippen molar-refractivity contribution in [1.29, 1.82) is 0 Å². The molecular formula is C24H21N3O6. The maximum absolute atomic E-state index is 12.3. The lowest BCUT2D eigenvalue weighted by Gasteiger charge is -2.06. The molecular weight excluding hydrogens is 426 g/mol. The van der Waals surface area contributed by atoms with Crippen LogP contribution in [0.3, 0.4) is 0 Å². The summed E-state index contributed by atoms with van der Waals surface area (Å²) in [6.45, 7) is 3.31. The van der Waals surface area contributed by atoms with Gasteiger partial charge in [0.25, 0.3) is 11.6 Å². The van der Waals surface area contributed by atoms with E-state index in [1.54, 1.807) is 37.3 Å². The van der Waals surface area contributed by atoms with Crippen molar-refractivity contribution in [3.05, 3.63) is 99.1 Å². The lowest BCUT2D eigenvalue weighted by Crippen LogP contribution is -2.24. The largest absolute Gasteiger partial charge is 0.484 e. The zero-order chi connectivity index (χ0) is 23.8. The normalized spacial score (nSPS) is 10.6. The highest BCUT2D eigenvalue weighted by Crippen LogP contribution is 2.20. The maximum Gasteiger partial charge on any atom is 0.343 e. The number of hydrogen-bond acceptors (Lipinski definition) is 7. The first-order chi connectivity index (χ1) is 15.8. The summed E-state index contributed by atoms with van der Waals surface area (Å²) in [4.78, 5) is 34.5. The Morgan fingerprint density at radius 1 is 1.03 bits per heavy atom. The fraction of sp³-hybridized carbons (Fsp3) is 0.125. The maximum atomic E-state index is 12.3. The Labute approximate surface area is 189 Å². The van der Waals surface area contributed by atoms with Crippen LogP contribution in [0.2, 0.25) is 0 Å². The van der Waals surface area contributed by atoms with Gasteiger partial charge in [0.1, 0.15) is 11.5 Å². The van der Waals surface area contributed by atoms with Gasteiger partial charge in [0, 0.05) is 11.6 Å². The topological polar surface area (TPSA) is 120 Å². The van der Waals surface area contributed by atoms with E-state index in [4.69, 9.17) is 9.47 Å². The second kappa shape index (κ2) is 10.7. The summed E-state index contributed by atoms with van der Waals surface area (Å²) >= 11 is 0. The molecule has 1 amide bonds. The van der Waals surface area contributed by atoms with Crippen LogP contribution >= 0.6 is 0 Å². The summed E-state index contributed by atoms with van der Waals surface area (Å²) in [5.74, 6) is -0.140. The lowest BCUT2D eigenvalue weighted by molar-refractivity contribution is -0.385. The average molecular weight is 447 g/mol. The highest BCUT2D eigenvalue weighted by atomic mass is 16.6. The Bertz CT molecular complexity index is 1210. The van der Waals surface area contributed by atoms with Gasteiger partial charge in [0.2, 0.25) is 0 Å². The van der Waals surface area contributed by atoms with Gasteiger partial charge in [-0.25, -0.2) is 10.2 Å². The molecule has 9 heteroatoms. The van der Waals surface area contributed by atoms with E-state index in [9.17, 15) is 19.7 Å². The van der Waals surface area contributed by atoms with Crippen molar-refractivity contribution in [2.24, 2.45) is 5.10 Å². The number of nitrogens with one attached hydrogen (secondary N) is 1. The van der Waals surface area contributed by atoms with E-state index in [1.165, 1.54) is 24.4 Å². The Morgan fingerprint density at radius 3 is 2.45 bits per heavy atom. The molecule has 1 N–H and O–H groups in total. The van der Waals surface area contributed by atoms with Crippen LogP contribution in [0.25, 0.3) is 0 Å². The number of nitro benzene ring substituents is 1. The number of amides is 1. The van der Waals surface area contributed by atoms with Crippen LogP contribution in [0.4, 0.5) is 5.69 Å². The van der Waals surface area contributed by atoms with Crippen LogP contribution < -0.4 is 14.9 Å². The summed E-state index contributed by atoms with van der Waals surface area (Å²) in [5, 5.41) is 14.8. The van der Waals surface area contributed by atoms with Crippen molar-refractivity contribution in [2.75, 3.05) is 6.61 Å². The number of benzene rings is 3. The molecule has 0 aliphatic heterocycles. The Hall–Kier alpha value is -4.53. The fourth-order valence-corrected chi connectivity index (χ4v) is 2.84. The fourth-order valence-electron chi connectivity index (χ4n) is 2.84. The minimum atomic E-state index is -0.629. The molecule has 0 radical (unpaired) electrons. The molecule has 3 aromatic carbocycles. The number of hydrazone groups is 1. The molecule has 0 aromatic heterocycles. The molecule has 33 heavy (non-hydrogen) atoms. The molecule has 0 heterocycles. The van der Waals surface area contributed by atoms with E-state index >= 15 is 0 Å². The molecule has 3 aromatic rings. The Balaban J connectivity index is 1.49. The van der Waals surface area contributed by atoms with Crippen LogP contribution in [0.5, 0.6) is 11.5 Å². The smallest absolute Gasteiger partial charge is 0.343 e. The minimum absolute atomic E-state index is 0.0657. The molecule has 0 unspecified atom stereocenters. The number of ether oxygens (including phenoxy) is 2. The number of carbonyl (C=O) groups is 2. The SMILES string of the molecule is Cc1cccc(OCC(=O)N/N=C\c2ccc(OC(=O)c3ccc([N+](=O)[O-])c(C)c3)cc2)c1. The zero-order valence-corrected chi connectivity index (χ0v) is 18.0. The molecule has 0 fully saturated rings. The van der Waals surface area contributed by atoms with Crippen molar-refractivity contribution < 1.29 is 24.0 Å². The van der Waals surface area contributed by atoms with Gasteiger partial charge in [-0.1, -0.05) is 12.1 Å². The standard InChI is InChI=1S/C24H21N3O6/c1-16-4-3-5-21(12-16)32-15-23(28)26-25-14-18-6-9-20(10-7-18)33-24(29)19-8-11-22(27(30)31)17(2)13-19/h3-14H,15H2,1-2H3,(H,26,28)/b25-14-. The second-order valence-electron chi connectivity index (χ2n) is 7.12. The van der Waals surface area contributed by atoms with Crippen molar-refractivity contribution in [3.8, 4) is 11.5 Å². The number of nitrogens with zero attached hydrogens (tertiary/aromatic N) is 2. The highest BCUT2D eigenvalue weighted by Gasteiger charge is 2.15. The van der Waals surface area contributed by atoms with E-state index in [2.05, 4.69) is 10.5 Å². The molecule has 0 saturated heterocycles. The first kappa shape index (κ1) is 23.1. The highest BCUT2D eigenvalue weighted by molar-refractivity contribution is 5.91. The molecule has 0 saturated carbocycles. The van der Waals surface area contributed by atoms with Crippen LogP contribution in [0.15, 0.2) is 71.8 Å². The predicted octanol–water partition coefficient (Wildman–Crippen LogP) is 3.96. The number of carbonyl (C=O) groups excluding carboxylic acids is 2. The molecule has 0 aliphatic carbocycles. The van der Waals surface area contributed by atoms with Crippen molar-refractivity contribution in [2.45, 2.75) is 13.8 Å². The van der Waals surface area contributed by atoms with Gasteiger partial charge in [-0.15, -0.1) is 0 Å². The van der Waals surface area contributed by atoms with E-state index in [1.807, 2.05) is 25.1 Å². The summed E-state index contributed by atoms with van der Waals surface area (Å²) < 4.78 is 10.7. The monoisotopic (exact) mass is 447 g/mol. The molecule has 0 aliphatic rings. The number of hydrogen-bond donors (Lipinski definition) is 1. The summed E-state index contributed by atoms with van der Waals surface area (Å²) in [6.07, 6.45) is 1.44. The number of aryl methyl sites for hydroxylation is 2. The van der Waals surface area contributed by atoms with Gasteiger partial charge in [0.05, 0.1) is 16.7 Å². The van der Waals surface area contributed by atoms with Gasteiger partial charge in [-0.05, 0) is 73.5 Å². The van der Waals surface area contributed by atoms with Crippen molar-refractivity contribution >= 4 is 23.8 Å². The molecule has 168 valence electrons. The predicted molar refractivity (Wildman–Crippen MR) is 122 cm³/mol. The molecule has 0 atom stereocenters. The summed E-state index contributed by atoms with van der Waals surface area (Å²) in [6, 6.07) is 17.8. The van der Waals surface area contributed by atoms with Gasteiger partial charge in [-0.3, -0.25) is 14.9 Å². The van der Waals surface area contributed by atoms with Crippen molar-refractivity contribution in [3.63, 3.8) is 0 Å². The van der Waals surface area contributed by atoms with Crippen LogP contribution in [0, 0.1) is 24.0 Å². The van der Waals surface area contributed by atoms with Gasteiger partial charge < -0.3 is 9.47 Å². The van der Waals surface area contributed by atoms with E-state index < -0.39 is 16.8 Å². The molecule has 9 nitrogen and oxygen atoms in total. The third-order valence-corrected chi connectivity index (χ3v) is 4.48. The number of rotatable bonds is 8. The molecule has 0 spiro atoms. The van der Waals surface area contributed by atoms with Gasteiger partial charge in [0.15, 0.2) is 6.61 Å². The number of nitro groups is 1. The van der Waals surface area contributed by atoms with Crippen LogP contribution in [0.1, 0.15) is 27.0 Å². The first-order valence-electron chi connectivity index (χ1n) is 9.90. The first-order valence-corrected chi connectivity index (χ1v) is 9.90. The summed E-state index contributed by atoms with van der Waals surface area (Å²) in [5.41, 5.74) is 4.58. The van der Waals surface area contributed by atoms with E-state index in [0.717, 1.165) is 5.56 Å². The zero-order valence-electron chi connectivity index (χ0n) is 18.0. The van der Waals surface area contributed by atoms with Crippen LogP contribution in [-0.4, -0.2) is 29.6 Å². The number of esters is 1. The lowest BCUT2D eigenvalue weighted by atomic mass is 10.1. The Morgan fingerprint density at radius 2 is 1.79 bits per heavy atom. The second-order valence-corrected chi connectivity index (χ2v) is 7.12. The van der Waals surface area contributed by atoms with Crippen LogP contribution in [-0.2, 0) is 4.79 Å². The van der Waals surface area contributed by atoms with Gasteiger partial charge >= 0.3 is 5.97 Å². The van der Waals surface area contributed by atoms with Gasteiger partial charge in [-0.2, -0.15) is 5.10 Å². The summed E-state index contributed by atoms with van der Waals surface area (Å²) in [7, 11) is 0. The minimum Gasteiger partial charge on any atom is -0.484 e. The van der Waals surface area contributed by atoms with Crippen molar-refractivity contribution in [1.82, 2.24) is 5.43 Å². The average Bonchev–Trinajstić information content (AvgIpc) is 2.78. The van der Waals surface area contributed by atoms with E-state index in [-0.39, 0.29) is 17.9 Å². The Kier molecular flexibility index (Phi) is 7.48. The quantitative estimate of drug-likeness (QED) is 0.183. The third-order valence-electron chi connectivity index (χ3n) is 4.48. The molecule has 3 rings (SSSR count). The van der Waals surface area contributed by atoms with E-state index in [0.29, 0.717) is 22.6 Å².